The molecule has 0 aliphatic carbocycles. The number of nitrogens with zero attached hydrogens (tertiary/aromatic N) is 5. The number of carbonyl (C=O) groups is 2. The molecule has 1 saturated heterocycles. The first-order valence-corrected chi connectivity index (χ1v) is 12.9. The fourth-order valence-electron chi connectivity index (χ4n) is 3.48. The maximum absolute atomic E-state index is 12.5. The predicted octanol–water partition coefficient (Wildman–Crippen LogP) is 4.41. The quantitative estimate of drug-likeness (QED) is 0.362. The number of para-hydroxylation sites is 2. The highest BCUT2D eigenvalue weighted by molar-refractivity contribution is 8.00. The Morgan fingerprint density at radius 1 is 1.03 bits per heavy atom. The van der Waals surface area contributed by atoms with E-state index in [4.69, 9.17) is 0 Å². The maximum atomic E-state index is 12.5. The zero-order valence-corrected chi connectivity index (χ0v) is 19.5. The summed E-state index contributed by atoms with van der Waals surface area (Å²) in [6.07, 6.45) is 1.19. The normalized spacial score (nSPS) is 13.9. The van der Waals surface area contributed by atoms with Gasteiger partial charge < -0.3 is 0 Å². The van der Waals surface area contributed by atoms with Crippen molar-refractivity contribution in [2.24, 2.45) is 0 Å². The van der Waals surface area contributed by atoms with Gasteiger partial charge in [0.05, 0.1) is 21.7 Å². The van der Waals surface area contributed by atoms with E-state index in [9.17, 15) is 9.59 Å². The van der Waals surface area contributed by atoms with E-state index in [1.54, 1.807) is 23.1 Å². The van der Waals surface area contributed by atoms with Crippen LogP contribution in [0.4, 0.5) is 0 Å². The van der Waals surface area contributed by atoms with Gasteiger partial charge in [0.2, 0.25) is 11.8 Å². The Bertz CT molecular complexity index is 1240. The van der Waals surface area contributed by atoms with E-state index in [0.717, 1.165) is 32.5 Å². The number of rotatable bonds is 7. The Balaban J connectivity index is 1.36. The Labute approximate surface area is 197 Å². The van der Waals surface area contributed by atoms with E-state index in [1.807, 2.05) is 53.1 Å². The summed E-state index contributed by atoms with van der Waals surface area (Å²) < 4.78 is 4.11. The molecule has 0 unspecified atom stereocenters. The molecule has 10 heteroatoms. The molecule has 1 fully saturated rings. The average Bonchev–Trinajstić information content (AvgIpc) is 3.54. The van der Waals surface area contributed by atoms with Crippen LogP contribution >= 0.6 is 34.9 Å². The van der Waals surface area contributed by atoms with Gasteiger partial charge in [-0.2, -0.15) is 0 Å². The molecule has 7 nitrogen and oxygen atoms in total. The van der Waals surface area contributed by atoms with E-state index in [1.165, 1.54) is 16.7 Å². The third-order valence-electron chi connectivity index (χ3n) is 5.01. The van der Waals surface area contributed by atoms with Crippen molar-refractivity contribution in [3.05, 3.63) is 60.4 Å². The van der Waals surface area contributed by atoms with Crippen molar-refractivity contribution in [2.75, 3.05) is 12.3 Å². The van der Waals surface area contributed by atoms with Gasteiger partial charge >= 0.3 is 0 Å². The molecule has 0 saturated carbocycles. The van der Waals surface area contributed by atoms with Gasteiger partial charge in [-0.25, -0.2) is 4.98 Å². The molecule has 0 radical (unpaired) electrons. The maximum Gasteiger partial charge on any atom is 0.239 e. The molecule has 0 N–H and O–H groups in total. The Morgan fingerprint density at radius 2 is 1.84 bits per heavy atom. The van der Waals surface area contributed by atoms with E-state index >= 15 is 0 Å². The largest absolute Gasteiger partial charge is 0.282 e. The number of hydrogen-bond donors (Lipinski definition) is 0. The summed E-state index contributed by atoms with van der Waals surface area (Å²) in [6, 6.07) is 17.9. The minimum Gasteiger partial charge on any atom is -0.282 e. The predicted molar refractivity (Wildman–Crippen MR) is 127 cm³/mol. The average molecular weight is 482 g/mol. The molecule has 162 valence electrons. The number of imide groups is 1. The van der Waals surface area contributed by atoms with Crippen LogP contribution in [0.1, 0.15) is 18.7 Å². The van der Waals surface area contributed by atoms with Gasteiger partial charge in [0.25, 0.3) is 0 Å². The Hall–Kier alpha value is -2.69. The summed E-state index contributed by atoms with van der Waals surface area (Å²) in [4.78, 5) is 30.4. The van der Waals surface area contributed by atoms with Crippen molar-refractivity contribution in [3.8, 4) is 5.69 Å². The third-order valence-corrected chi connectivity index (χ3v) is 8.10. The summed E-state index contributed by atoms with van der Waals surface area (Å²) in [7, 11) is 0. The van der Waals surface area contributed by atoms with Gasteiger partial charge in [0.1, 0.15) is 5.82 Å². The van der Waals surface area contributed by atoms with Gasteiger partial charge in [0.15, 0.2) is 9.50 Å². The van der Waals surface area contributed by atoms with Crippen molar-refractivity contribution >= 4 is 56.9 Å². The molecular formula is C22H19N5O2S3. The molecule has 2 aromatic carbocycles. The van der Waals surface area contributed by atoms with Crippen molar-refractivity contribution in [1.29, 1.82) is 0 Å². The zero-order chi connectivity index (χ0) is 21.9. The van der Waals surface area contributed by atoms with Gasteiger partial charge in [0, 0.05) is 18.7 Å². The fraction of sp³-hybridized carbons (Fsp3) is 0.227. The number of aromatic nitrogens is 4. The van der Waals surface area contributed by atoms with E-state index in [-0.39, 0.29) is 17.6 Å². The van der Waals surface area contributed by atoms with Gasteiger partial charge in [-0.15, -0.1) is 21.5 Å². The molecule has 2 amide bonds. The highest BCUT2D eigenvalue weighted by atomic mass is 32.2. The molecule has 0 atom stereocenters. The lowest BCUT2D eigenvalue weighted by atomic mass is 10.3. The highest BCUT2D eigenvalue weighted by Gasteiger charge is 2.27. The lowest BCUT2D eigenvalue weighted by Crippen LogP contribution is -2.33. The number of benzene rings is 2. The SMILES string of the molecule is O=C1CCCN1C(=O)CSc1nnc(CSc2nc3ccccc3s2)n1-c1ccccc1. The van der Waals surface area contributed by atoms with Gasteiger partial charge in [-0.1, -0.05) is 53.9 Å². The molecule has 0 spiro atoms. The number of carbonyl (C=O) groups excluding carboxylic acids is 2. The summed E-state index contributed by atoms with van der Waals surface area (Å²) in [6.45, 7) is 0.508. The number of thiazole rings is 1. The first kappa shape index (κ1) is 21.2. The molecule has 1 aliphatic heterocycles. The first-order chi connectivity index (χ1) is 15.7. The second kappa shape index (κ2) is 9.43. The zero-order valence-electron chi connectivity index (χ0n) is 17.0. The van der Waals surface area contributed by atoms with E-state index in [2.05, 4.69) is 21.2 Å². The van der Waals surface area contributed by atoms with Crippen LogP contribution in [-0.2, 0) is 15.3 Å². The number of fused-ring (bicyclic) bond motifs is 1. The minimum atomic E-state index is -0.175. The number of likely N-dealkylation sites (tertiary alicyclic amines) is 1. The summed E-state index contributed by atoms with van der Waals surface area (Å²) in [5.74, 6) is 1.27. The topological polar surface area (TPSA) is 81.0 Å². The monoisotopic (exact) mass is 481 g/mol. The van der Waals surface area contributed by atoms with E-state index < -0.39 is 0 Å². The smallest absolute Gasteiger partial charge is 0.239 e. The molecule has 32 heavy (non-hydrogen) atoms. The lowest BCUT2D eigenvalue weighted by molar-refractivity contribution is -0.140. The van der Waals surface area contributed by atoms with Crippen LogP contribution in [0.3, 0.4) is 0 Å². The molecule has 4 aromatic rings. The summed E-state index contributed by atoms with van der Waals surface area (Å²) in [5, 5.41) is 9.40. The van der Waals surface area contributed by atoms with E-state index in [0.29, 0.717) is 23.9 Å². The summed E-state index contributed by atoms with van der Waals surface area (Å²) >= 11 is 4.59. The molecule has 5 rings (SSSR count). The molecule has 3 heterocycles. The molecule has 0 bridgehead atoms. The lowest BCUT2D eigenvalue weighted by Gasteiger charge is -2.13. The van der Waals surface area contributed by atoms with Gasteiger partial charge in [-0.3, -0.25) is 19.1 Å². The van der Waals surface area contributed by atoms with Crippen molar-refractivity contribution in [1.82, 2.24) is 24.6 Å². The number of hydrogen-bond acceptors (Lipinski definition) is 8. The van der Waals surface area contributed by atoms with Crippen LogP contribution < -0.4 is 0 Å². The van der Waals surface area contributed by atoms with Crippen LogP contribution in [-0.4, -0.2) is 48.8 Å². The second-order valence-corrected chi connectivity index (χ2v) is 10.3. The molecule has 1 aliphatic rings. The molecule has 2 aromatic heterocycles. The Kier molecular flexibility index (Phi) is 6.24. The number of thioether (sulfide) groups is 2. The van der Waals surface area contributed by atoms with Crippen LogP contribution in [0.2, 0.25) is 0 Å². The van der Waals surface area contributed by atoms with Gasteiger partial charge in [-0.05, 0) is 30.7 Å². The third kappa shape index (κ3) is 4.43. The Morgan fingerprint density at radius 3 is 2.62 bits per heavy atom. The summed E-state index contributed by atoms with van der Waals surface area (Å²) in [5.41, 5.74) is 1.93. The molecular weight excluding hydrogens is 462 g/mol. The van der Waals surface area contributed by atoms with Crippen LogP contribution in [0.5, 0.6) is 0 Å². The standard InChI is InChI=1S/C22H19N5O2S3/c28-19-11-6-12-26(19)20(29)14-30-21-25-24-18(27(21)15-7-2-1-3-8-15)13-31-22-23-16-9-4-5-10-17(16)32-22/h1-5,7-10H,6,11-14H2. The second-order valence-electron chi connectivity index (χ2n) is 7.14. The van der Waals surface area contributed by atoms with Crippen LogP contribution in [0.25, 0.3) is 15.9 Å². The number of amides is 2. The van der Waals surface area contributed by atoms with Crippen molar-refractivity contribution < 1.29 is 9.59 Å². The van der Waals surface area contributed by atoms with Crippen molar-refractivity contribution in [2.45, 2.75) is 28.1 Å². The minimum absolute atomic E-state index is 0.0898. The van der Waals surface area contributed by atoms with Crippen LogP contribution in [0, 0.1) is 0 Å². The fourth-order valence-corrected chi connectivity index (χ4v) is 6.31. The van der Waals surface area contributed by atoms with Crippen LogP contribution in [0.15, 0.2) is 64.1 Å². The highest BCUT2D eigenvalue weighted by Crippen LogP contribution is 2.32. The first-order valence-electron chi connectivity index (χ1n) is 10.1. The van der Waals surface area contributed by atoms with Crippen molar-refractivity contribution in [3.63, 3.8) is 0 Å².